The number of rotatable bonds is 6. The van der Waals surface area contributed by atoms with Crippen LogP contribution in [0.5, 0.6) is 11.5 Å². The molecule has 0 heterocycles. The van der Waals surface area contributed by atoms with Crippen LogP contribution in [0.3, 0.4) is 0 Å². The maximum absolute atomic E-state index is 12.4. The van der Waals surface area contributed by atoms with Crippen LogP contribution in [0.1, 0.15) is 18.9 Å². The lowest BCUT2D eigenvalue weighted by Crippen LogP contribution is -2.32. The van der Waals surface area contributed by atoms with E-state index in [1.54, 1.807) is 43.5 Å². The van der Waals surface area contributed by atoms with Crippen molar-refractivity contribution in [2.24, 2.45) is 0 Å². The second kappa shape index (κ2) is 7.88. The van der Waals surface area contributed by atoms with Gasteiger partial charge in [0.25, 0.3) is 5.91 Å². The van der Waals surface area contributed by atoms with Gasteiger partial charge in [-0.1, -0.05) is 24.6 Å². The number of amides is 1. The smallest absolute Gasteiger partial charge is 0.265 e. The van der Waals surface area contributed by atoms with E-state index in [9.17, 15) is 4.79 Å². The Hall–Kier alpha value is -2.20. The summed E-state index contributed by atoms with van der Waals surface area (Å²) in [4.78, 5) is 12.4. The highest BCUT2D eigenvalue weighted by Gasteiger charge is 2.19. The van der Waals surface area contributed by atoms with Crippen molar-refractivity contribution in [1.29, 1.82) is 0 Å². The molecule has 2 aromatic rings. The van der Waals surface area contributed by atoms with Gasteiger partial charge in [-0.15, -0.1) is 0 Å². The Balaban J connectivity index is 2.07. The lowest BCUT2D eigenvalue weighted by Gasteiger charge is -2.18. The number of methoxy groups -OCH3 is 1. The topological polar surface area (TPSA) is 47.6 Å². The van der Waals surface area contributed by atoms with Crippen LogP contribution in [-0.2, 0) is 4.79 Å². The van der Waals surface area contributed by atoms with Crippen LogP contribution in [-0.4, -0.2) is 19.1 Å². The van der Waals surface area contributed by atoms with Crippen molar-refractivity contribution in [2.75, 3.05) is 12.4 Å². The zero-order valence-corrected chi connectivity index (χ0v) is 14.2. The van der Waals surface area contributed by atoms with E-state index in [-0.39, 0.29) is 5.91 Å². The number of hydrogen-bond donors (Lipinski definition) is 1. The minimum absolute atomic E-state index is 0.200. The molecular formula is C18H20ClNO3. The van der Waals surface area contributed by atoms with E-state index in [2.05, 4.69) is 5.32 Å². The average molecular weight is 334 g/mol. The summed E-state index contributed by atoms with van der Waals surface area (Å²) >= 11 is 5.98. The van der Waals surface area contributed by atoms with Crippen LogP contribution < -0.4 is 14.8 Å². The molecule has 0 aliphatic rings. The highest BCUT2D eigenvalue weighted by Crippen LogP contribution is 2.22. The van der Waals surface area contributed by atoms with Gasteiger partial charge in [0.2, 0.25) is 0 Å². The molecule has 0 spiro atoms. The van der Waals surface area contributed by atoms with E-state index >= 15 is 0 Å². The van der Waals surface area contributed by atoms with Crippen molar-refractivity contribution >= 4 is 23.2 Å². The second-order valence-electron chi connectivity index (χ2n) is 5.14. The Morgan fingerprint density at radius 3 is 2.43 bits per heavy atom. The predicted molar refractivity (Wildman–Crippen MR) is 92.5 cm³/mol. The lowest BCUT2D eigenvalue weighted by atomic mass is 10.2. The molecule has 0 saturated carbocycles. The van der Waals surface area contributed by atoms with Gasteiger partial charge in [0.15, 0.2) is 6.10 Å². The summed E-state index contributed by atoms with van der Waals surface area (Å²) in [6, 6.07) is 12.5. The van der Waals surface area contributed by atoms with Gasteiger partial charge >= 0.3 is 0 Å². The molecule has 1 N–H and O–H groups in total. The van der Waals surface area contributed by atoms with E-state index in [4.69, 9.17) is 21.1 Å². The van der Waals surface area contributed by atoms with Crippen molar-refractivity contribution in [1.82, 2.24) is 0 Å². The highest BCUT2D eigenvalue weighted by atomic mass is 35.5. The first-order valence-corrected chi connectivity index (χ1v) is 7.79. The first kappa shape index (κ1) is 17.2. The van der Waals surface area contributed by atoms with Crippen molar-refractivity contribution in [3.63, 3.8) is 0 Å². The van der Waals surface area contributed by atoms with Gasteiger partial charge in [-0.3, -0.25) is 4.79 Å². The van der Waals surface area contributed by atoms with Gasteiger partial charge in [-0.2, -0.15) is 0 Å². The molecule has 0 aromatic heterocycles. The molecule has 1 atom stereocenters. The monoisotopic (exact) mass is 333 g/mol. The first-order chi connectivity index (χ1) is 11.0. The van der Waals surface area contributed by atoms with Crippen LogP contribution in [0.2, 0.25) is 5.02 Å². The number of nitrogens with one attached hydrogen (secondary N) is 1. The van der Waals surface area contributed by atoms with E-state index < -0.39 is 6.10 Å². The van der Waals surface area contributed by atoms with E-state index in [1.807, 2.05) is 19.9 Å². The molecule has 1 amide bonds. The maximum atomic E-state index is 12.4. The lowest BCUT2D eigenvalue weighted by molar-refractivity contribution is -0.122. The fourth-order valence-electron chi connectivity index (χ4n) is 2.08. The molecular weight excluding hydrogens is 314 g/mol. The van der Waals surface area contributed by atoms with Gasteiger partial charge in [-0.25, -0.2) is 0 Å². The largest absolute Gasteiger partial charge is 0.497 e. The van der Waals surface area contributed by atoms with E-state index in [0.717, 1.165) is 11.3 Å². The summed E-state index contributed by atoms with van der Waals surface area (Å²) < 4.78 is 10.9. The van der Waals surface area contributed by atoms with Gasteiger partial charge in [0.05, 0.1) is 7.11 Å². The third kappa shape index (κ3) is 4.63. The summed E-state index contributed by atoms with van der Waals surface area (Å²) in [6.07, 6.45) is -0.0286. The molecule has 0 radical (unpaired) electrons. The minimum Gasteiger partial charge on any atom is -0.497 e. The molecule has 0 fully saturated rings. The van der Waals surface area contributed by atoms with E-state index in [0.29, 0.717) is 22.9 Å². The summed E-state index contributed by atoms with van der Waals surface area (Å²) in [5, 5.41) is 3.45. The number of aryl methyl sites for hydroxylation is 1. The Kier molecular flexibility index (Phi) is 5.88. The van der Waals surface area contributed by atoms with Gasteiger partial charge in [0, 0.05) is 10.7 Å². The fourth-order valence-corrected chi connectivity index (χ4v) is 2.26. The quantitative estimate of drug-likeness (QED) is 0.849. The van der Waals surface area contributed by atoms with Crippen LogP contribution in [0.15, 0.2) is 42.5 Å². The van der Waals surface area contributed by atoms with Crippen molar-refractivity contribution in [3.8, 4) is 11.5 Å². The zero-order valence-electron chi connectivity index (χ0n) is 13.4. The number of anilines is 1. The standard InChI is InChI=1S/C18H20ClNO3/c1-4-17(23-15-9-7-14(22-3)8-10-15)18(21)20-16-11-13(19)6-5-12(16)2/h5-11,17H,4H2,1-3H3,(H,20,21). The molecule has 1 unspecified atom stereocenters. The minimum atomic E-state index is -0.582. The Morgan fingerprint density at radius 2 is 1.83 bits per heavy atom. The molecule has 0 saturated heterocycles. The molecule has 0 aliphatic heterocycles. The molecule has 4 nitrogen and oxygen atoms in total. The van der Waals surface area contributed by atoms with Crippen molar-refractivity contribution < 1.29 is 14.3 Å². The predicted octanol–water partition coefficient (Wildman–Crippen LogP) is 4.45. The summed E-state index contributed by atoms with van der Waals surface area (Å²) in [5.41, 5.74) is 1.64. The van der Waals surface area contributed by atoms with Crippen LogP contribution in [0.25, 0.3) is 0 Å². The highest BCUT2D eigenvalue weighted by molar-refractivity contribution is 6.31. The Bertz CT molecular complexity index is 670. The average Bonchev–Trinajstić information content (AvgIpc) is 2.56. The number of carbonyl (C=O) groups is 1. The van der Waals surface area contributed by atoms with Crippen molar-refractivity contribution in [2.45, 2.75) is 26.4 Å². The molecule has 2 aromatic carbocycles. The number of benzene rings is 2. The SMILES string of the molecule is CCC(Oc1ccc(OC)cc1)C(=O)Nc1cc(Cl)ccc1C. The molecule has 2 rings (SSSR count). The summed E-state index contributed by atoms with van der Waals surface area (Å²) in [6.45, 7) is 3.82. The second-order valence-corrected chi connectivity index (χ2v) is 5.58. The van der Waals surface area contributed by atoms with Crippen LogP contribution in [0, 0.1) is 6.92 Å². The van der Waals surface area contributed by atoms with Crippen LogP contribution >= 0.6 is 11.6 Å². The van der Waals surface area contributed by atoms with E-state index in [1.165, 1.54) is 0 Å². The van der Waals surface area contributed by atoms with Gasteiger partial charge in [-0.05, 0) is 55.3 Å². The fraction of sp³-hybridized carbons (Fsp3) is 0.278. The van der Waals surface area contributed by atoms with Crippen LogP contribution in [0.4, 0.5) is 5.69 Å². The molecule has 23 heavy (non-hydrogen) atoms. The molecule has 0 bridgehead atoms. The molecule has 5 heteroatoms. The van der Waals surface area contributed by atoms with Crippen molar-refractivity contribution in [3.05, 3.63) is 53.1 Å². The number of hydrogen-bond acceptors (Lipinski definition) is 3. The Morgan fingerprint density at radius 1 is 1.17 bits per heavy atom. The zero-order chi connectivity index (χ0) is 16.8. The molecule has 0 aliphatic carbocycles. The summed E-state index contributed by atoms with van der Waals surface area (Å²) in [5.74, 6) is 1.16. The third-order valence-electron chi connectivity index (χ3n) is 3.46. The van der Waals surface area contributed by atoms with Gasteiger partial charge < -0.3 is 14.8 Å². The first-order valence-electron chi connectivity index (χ1n) is 7.41. The number of ether oxygens (including phenoxy) is 2. The number of halogens is 1. The Labute approximate surface area is 141 Å². The summed E-state index contributed by atoms with van der Waals surface area (Å²) in [7, 11) is 1.60. The third-order valence-corrected chi connectivity index (χ3v) is 3.69. The molecule has 122 valence electrons. The van der Waals surface area contributed by atoms with Gasteiger partial charge in [0.1, 0.15) is 11.5 Å². The number of carbonyl (C=O) groups excluding carboxylic acids is 1. The normalized spacial score (nSPS) is 11.7. The maximum Gasteiger partial charge on any atom is 0.265 e.